The van der Waals surface area contributed by atoms with Gasteiger partial charge in [-0.05, 0) is 101 Å². The molecule has 0 radical (unpaired) electrons. The molecule has 0 aliphatic heterocycles. The van der Waals surface area contributed by atoms with E-state index in [2.05, 4.69) is 239 Å². The Morgan fingerprint density at radius 2 is 0.745 bits per heavy atom. The first-order valence-electron chi connectivity index (χ1n) is 18.8. The maximum atomic E-state index is 2.43. The minimum atomic E-state index is 1.10. The van der Waals surface area contributed by atoms with E-state index in [9.17, 15) is 0 Å². The lowest BCUT2D eigenvalue weighted by Crippen LogP contribution is -2.10. The van der Waals surface area contributed by atoms with Gasteiger partial charge in [-0.3, -0.25) is 0 Å². The van der Waals surface area contributed by atoms with Crippen LogP contribution in [-0.2, 0) is 0 Å². The fraction of sp³-hybridized carbons (Fsp3) is 0. The summed E-state index contributed by atoms with van der Waals surface area (Å²) in [5.74, 6) is 0. The van der Waals surface area contributed by atoms with Gasteiger partial charge >= 0.3 is 0 Å². The standard InChI is InChI=1S/C52H37N3/c1-6-18-39(19-7-1)53(40-20-8-2-9-21-40)44-31-33-49-48-32-30-38(36-51(48)55(52(49)37-44)43-26-14-5-15-27-43)45-34-35-50(47-29-17-16-28-46(45)47)54(41-22-10-3-11-23-41)42-24-12-4-13-25-42/h1-37H. The minimum Gasteiger partial charge on any atom is -0.310 e. The first kappa shape index (κ1) is 32.3. The summed E-state index contributed by atoms with van der Waals surface area (Å²) in [6.07, 6.45) is 0. The van der Waals surface area contributed by atoms with Gasteiger partial charge in [0.2, 0.25) is 0 Å². The molecule has 260 valence electrons. The van der Waals surface area contributed by atoms with Gasteiger partial charge in [0.05, 0.1) is 16.7 Å². The van der Waals surface area contributed by atoms with Gasteiger partial charge in [-0.25, -0.2) is 0 Å². The van der Waals surface area contributed by atoms with Crippen LogP contribution in [0.1, 0.15) is 0 Å². The van der Waals surface area contributed by atoms with Crippen molar-refractivity contribution in [2.75, 3.05) is 9.80 Å². The lowest BCUT2D eigenvalue weighted by Gasteiger charge is -2.27. The van der Waals surface area contributed by atoms with Crippen LogP contribution < -0.4 is 9.80 Å². The average Bonchev–Trinajstić information content (AvgIpc) is 3.59. The molecule has 0 saturated heterocycles. The summed E-state index contributed by atoms with van der Waals surface area (Å²) >= 11 is 0. The molecule has 10 aromatic rings. The Hall–Kier alpha value is -7.36. The molecule has 0 spiro atoms. The van der Waals surface area contributed by atoms with E-state index >= 15 is 0 Å². The maximum Gasteiger partial charge on any atom is 0.0561 e. The molecule has 0 aliphatic carbocycles. The van der Waals surface area contributed by atoms with Crippen molar-refractivity contribution in [3.8, 4) is 16.8 Å². The Balaban J connectivity index is 1.17. The summed E-state index contributed by atoms with van der Waals surface area (Å²) in [7, 11) is 0. The van der Waals surface area contributed by atoms with E-state index in [1.807, 2.05) is 0 Å². The molecular weight excluding hydrogens is 667 g/mol. The number of hydrogen-bond donors (Lipinski definition) is 0. The number of fused-ring (bicyclic) bond motifs is 4. The zero-order valence-corrected chi connectivity index (χ0v) is 30.2. The Labute approximate surface area is 321 Å². The van der Waals surface area contributed by atoms with Gasteiger partial charge in [-0.15, -0.1) is 0 Å². The molecule has 10 rings (SSSR count). The number of rotatable bonds is 8. The molecular formula is C52H37N3. The van der Waals surface area contributed by atoms with Crippen molar-refractivity contribution < 1.29 is 0 Å². The smallest absolute Gasteiger partial charge is 0.0561 e. The highest BCUT2D eigenvalue weighted by atomic mass is 15.1. The van der Waals surface area contributed by atoms with Gasteiger partial charge in [0.25, 0.3) is 0 Å². The monoisotopic (exact) mass is 703 g/mol. The van der Waals surface area contributed by atoms with Crippen molar-refractivity contribution in [1.29, 1.82) is 0 Å². The zero-order chi connectivity index (χ0) is 36.6. The molecule has 9 aromatic carbocycles. The van der Waals surface area contributed by atoms with E-state index in [4.69, 9.17) is 0 Å². The van der Waals surface area contributed by atoms with Crippen molar-refractivity contribution >= 4 is 66.7 Å². The predicted octanol–water partition coefficient (Wildman–Crippen LogP) is 14.5. The Kier molecular flexibility index (Phi) is 8.16. The molecule has 0 atom stereocenters. The molecule has 55 heavy (non-hydrogen) atoms. The highest BCUT2D eigenvalue weighted by Gasteiger charge is 2.20. The van der Waals surface area contributed by atoms with E-state index < -0.39 is 0 Å². The fourth-order valence-corrected chi connectivity index (χ4v) is 8.08. The highest BCUT2D eigenvalue weighted by molar-refractivity contribution is 6.13. The number of hydrogen-bond acceptors (Lipinski definition) is 2. The van der Waals surface area contributed by atoms with Crippen molar-refractivity contribution in [1.82, 2.24) is 4.57 Å². The van der Waals surface area contributed by atoms with Crippen molar-refractivity contribution in [2.45, 2.75) is 0 Å². The van der Waals surface area contributed by atoms with Crippen LogP contribution in [0, 0.1) is 0 Å². The summed E-state index contributed by atoms with van der Waals surface area (Å²) in [4.78, 5) is 4.69. The van der Waals surface area contributed by atoms with E-state index in [1.54, 1.807) is 0 Å². The van der Waals surface area contributed by atoms with Crippen LogP contribution in [0.2, 0.25) is 0 Å². The normalized spacial score (nSPS) is 11.3. The second-order valence-corrected chi connectivity index (χ2v) is 13.8. The summed E-state index contributed by atoms with van der Waals surface area (Å²) in [6, 6.07) is 80.5. The van der Waals surface area contributed by atoms with Crippen LogP contribution in [0.15, 0.2) is 224 Å². The topological polar surface area (TPSA) is 11.4 Å². The number of anilines is 6. The van der Waals surface area contributed by atoms with Crippen molar-refractivity contribution in [3.63, 3.8) is 0 Å². The number of nitrogens with zero attached hydrogens (tertiary/aromatic N) is 3. The summed E-state index contributed by atoms with van der Waals surface area (Å²) in [6.45, 7) is 0. The second-order valence-electron chi connectivity index (χ2n) is 13.8. The first-order valence-corrected chi connectivity index (χ1v) is 18.8. The number of aromatic nitrogens is 1. The molecule has 3 nitrogen and oxygen atoms in total. The van der Waals surface area contributed by atoms with Gasteiger partial charge < -0.3 is 14.4 Å². The van der Waals surface area contributed by atoms with Crippen LogP contribution in [0.3, 0.4) is 0 Å². The molecule has 0 amide bonds. The van der Waals surface area contributed by atoms with Gasteiger partial charge in [0, 0.05) is 50.3 Å². The van der Waals surface area contributed by atoms with E-state index in [-0.39, 0.29) is 0 Å². The molecule has 1 heterocycles. The summed E-state index contributed by atoms with van der Waals surface area (Å²) < 4.78 is 2.43. The third-order valence-corrected chi connectivity index (χ3v) is 10.5. The Morgan fingerprint density at radius 3 is 1.31 bits per heavy atom. The van der Waals surface area contributed by atoms with Gasteiger partial charge in [0.15, 0.2) is 0 Å². The summed E-state index contributed by atoms with van der Waals surface area (Å²) in [5.41, 5.74) is 12.6. The zero-order valence-electron chi connectivity index (χ0n) is 30.2. The first-order chi connectivity index (χ1) is 27.3. The molecule has 0 saturated carbocycles. The molecule has 0 aliphatic rings. The van der Waals surface area contributed by atoms with Gasteiger partial charge in [-0.2, -0.15) is 0 Å². The molecule has 0 fully saturated rings. The van der Waals surface area contributed by atoms with Gasteiger partial charge in [0.1, 0.15) is 0 Å². The van der Waals surface area contributed by atoms with E-state index in [0.29, 0.717) is 0 Å². The SMILES string of the molecule is c1ccc(N(c2ccccc2)c2ccc3c4ccc(-c5ccc(N(c6ccccc6)c6ccccc6)c6ccccc56)cc4n(-c4ccccc4)c3c2)cc1. The van der Waals surface area contributed by atoms with Crippen LogP contribution in [0.5, 0.6) is 0 Å². The van der Waals surface area contributed by atoms with Crippen molar-refractivity contribution in [3.05, 3.63) is 224 Å². The summed E-state index contributed by atoms with van der Waals surface area (Å²) in [5, 5.41) is 4.85. The largest absolute Gasteiger partial charge is 0.310 e. The molecule has 0 N–H and O–H groups in total. The Bertz CT molecular complexity index is 2820. The molecule has 3 heteroatoms. The van der Waals surface area contributed by atoms with Crippen LogP contribution in [0.25, 0.3) is 49.4 Å². The minimum absolute atomic E-state index is 1.10. The third-order valence-electron chi connectivity index (χ3n) is 10.5. The molecule has 1 aromatic heterocycles. The Morgan fingerprint density at radius 1 is 0.291 bits per heavy atom. The van der Waals surface area contributed by atoms with E-state index in [1.165, 1.54) is 38.2 Å². The molecule has 0 unspecified atom stereocenters. The lowest BCUT2D eigenvalue weighted by molar-refractivity contribution is 1.18. The number of para-hydroxylation sites is 5. The third kappa shape index (κ3) is 5.80. The second kappa shape index (κ2) is 13.9. The van der Waals surface area contributed by atoms with Crippen LogP contribution in [0.4, 0.5) is 34.1 Å². The van der Waals surface area contributed by atoms with E-state index in [0.717, 1.165) is 45.3 Å². The van der Waals surface area contributed by atoms with Crippen LogP contribution in [-0.4, -0.2) is 4.57 Å². The number of benzene rings is 9. The van der Waals surface area contributed by atoms with Gasteiger partial charge in [-0.1, -0.05) is 140 Å². The highest BCUT2D eigenvalue weighted by Crippen LogP contribution is 2.44. The lowest BCUT2D eigenvalue weighted by atomic mass is 9.95. The predicted molar refractivity (Wildman–Crippen MR) is 233 cm³/mol. The fourth-order valence-electron chi connectivity index (χ4n) is 8.08. The molecule has 0 bridgehead atoms. The van der Waals surface area contributed by atoms with Crippen LogP contribution >= 0.6 is 0 Å². The average molecular weight is 704 g/mol. The maximum absolute atomic E-state index is 2.43. The quantitative estimate of drug-likeness (QED) is 0.156. The van der Waals surface area contributed by atoms with Crippen molar-refractivity contribution in [2.24, 2.45) is 0 Å².